The zero-order chi connectivity index (χ0) is 20.9. The molecule has 1 amide bonds. The molecule has 0 saturated carbocycles. The molecule has 0 aliphatic carbocycles. The third-order valence-electron chi connectivity index (χ3n) is 5.64. The van der Waals surface area contributed by atoms with Crippen LogP contribution in [0.2, 0.25) is 0 Å². The Morgan fingerprint density at radius 1 is 0.933 bits per heavy atom. The van der Waals surface area contributed by atoms with Crippen LogP contribution in [0.3, 0.4) is 0 Å². The van der Waals surface area contributed by atoms with Crippen molar-refractivity contribution in [3.63, 3.8) is 0 Å². The van der Waals surface area contributed by atoms with Crippen LogP contribution in [0, 0.1) is 0 Å². The Balaban J connectivity index is 1.40. The molecule has 5 heteroatoms. The summed E-state index contributed by atoms with van der Waals surface area (Å²) in [6.07, 6.45) is 0. The summed E-state index contributed by atoms with van der Waals surface area (Å²) in [4.78, 5) is 17.3. The minimum absolute atomic E-state index is 0.0427. The molecule has 1 aliphatic rings. The van der Waals surface area contributed by atoms with Crippen molar-refractivity contribution in [3.8, 4) is 11.5 Å². The van der Waals surface area contributed by atoms with Crippen molar-refractivity contribution in [1.82, 2.24) is 9.80 Å². The highest BCUT2D eigenvalue weighted by molar-refractivity contribution is 5.95. The highest BCUT2D eigenvalue weighted by atomic mass is 16.5. The zero-order valence-electron chi connectivity index (χ0n) is 17.6. The van der Waals surface area contributed by atoms with E-state index in [1.54, 1.807) is 13.2 Å². The summed E-state index contributed by atoms with van der Waals surface area (Å²) in [5.74, 6) is 1.30. The van der Waals surface area contributed by atoms with Crippen LogP contribution in [-0.2, 0) is 6.54 Å². The molecule has 0 unspecified atom stereocenters. The second-order valence-electron chi connectivity index (χ2n) is 7.51. The van der Waals surface area contributed by atoms with Crippen molar-refractivity contribution in [2.45, 2.75) is 13.5 Å². The Morgan fingerprint density at radius 2 is 1.70 bits per heavy atom. The van der Waals surface area contributed by atoms with Gasteiger partial charge in [0, 0.05) is 38.3 Å². The minimum Gasteiger partial charge on any atom is -0.493 e. The summed E-state index contributed by atoms with van der Waals surface area (Å²) < 4.78 is 10.9. The van der Waals surface area contributed by atoms with Gasteiger partial charge >= 0.3 is 0 Å². The van der Waals surface area contributed by atoms with Gasteiger partial charge in [0.05, 0.1) is 13.7 Å². The van der Waals surface area contributed by atoms with Crippen molar-refractivity contribution in [2.24, 2.45) is 0 Å². The molecular weight excluding hydrogens is 376 g/mol. The Kier molecular flexibility index (Phi) is 6.19. The average molecular weight is 405 g/mol. The molecule has 4 rings (SSSR count). The molecule has 156 valence electrons. The maximum atomic E-state index is 13.0. The lowest BCUT2D eigenvalue weighted by Gasteiger charge is -2.35. The van der Waals surface area contributed by atoms with Gasteiger partial charge in [-0.3, -0.25) is 9.69 Å². The van der Waals surface area contributed by atoms with E-state index in [0.29, 0.717) is 23.7 Å². The first-order valence-electron chi connectivity index (χ1n) is 10.5. The van der Waals surface area contributed by atoms with Crippen LogP contribution in [0.15, 0.2) is 60.7 Å². The normalized spacial score (nSPS) is 14.7. The predicted octanol–water partition coefficient (Wildman–Crippen LogP) is 4.21. The number of carbonyl (C=O) groups excluding carboxylic acids is 1. The predicted molar refractivity (Wildman–Crippen MR) is 119 cm³/mol. The molecule has 3 aromatic carbocycles. The number of hydrogen-bond acceptors (Lipinski definition) is 4. The van der Waals surface area contributed by atoms with E-state index in [9.17, 15) is 4.79 Å². The van der Waals surface area contributed by atoms with Gasteiger partial charge in [0.2, 0.25) is 0 Å². The number of carbonyl (C=O) groups is 1. The number of hydrogen-bond donors (Lipinski definition) is 0. The number of nitrogens with zero attached hydrogens (tertiary/aromatic N) is 2. The first kappa shape index (κ1) is 20.2. The lowest BCUT2D eigenvalue weighted by atomic mass is 10.0. The highest BCUT2D eigenvalue weighted by Crippen LogP contribution is 2.29. The number of ether oxygens (including phenoxy) is 2. The van der Waals surface area contributed by atoms with Gasteiger partial charge in [-0.15, -0.1) is 0 Å². The van der Waals surface area contributed by atoms with E-state index in [4.69, 9.17) is 9.47 Å². The van der Waals surface area contributed by atoms with Crippen molar-refractivity contribution in [3.05, 3.63) is 71.8 Å². The summed E-state index contributed by atoms with van der Waals surface area (Å²) in [6, 6.07) is 20.4. The first-order chi connectivity index (χ1) is 14.7. The first-order valence-corrected chi connectivity index (χ1v) is 10.5. The van der Waals surface area contributed by atoms with Crippen LogP contribution < -0.4 is 9.47 Å². The molecule has 1 fully saturated rings. The van der Waals surface area contributed by atoms with Crippen LogP contribution in [0.1, 0.15) is 22.8 Å². The lowest BCUT2D eigenvalue weighted by Crippen LogP contribution is -2.48. The van der Waals surface area contributed by atoms with E-state index in [1.807, 2.05) is 24.0 Å². The third kappa shape index (κ3) is 4.26. The van der Waals surface area contributed by atoms with E-state index in [1.165, 1.54) is 16.3 Å². The highest BCUT2D eigenvalue weighted by Gasteiger charge is 2.23. The molecule has 1 aliphatic heterocycles. The Hall–Kier alpha value is -3.05. The van der Waals surface area contributed by atoms with E-state index in [2.05, 4.69) is 47.4 Å². The monoisotopic (exact) mass is 404 g/mol. The van der Waals surface area contributed by atoms with Gasteiger partial charge < -0.3 is 14.4 Å². The van der Waals surface area contributed by atoms with Crippen LogP contribution in [-0.4, -0.2) is 55.6 Å². The van der Waals surface area contributed by atoms with Gasteiger partial charge in [-0.25, -0.2) is 0 Å². The molecule has 5 nitrogen and oxygen atoms in total. The molecule has 0 N–H and O–H groups in total. The van der Waals surface area contributed by atoms with Crippen LogP contribution in [0.5, 0.6) is 11.5 Å². The number of methoxy groups -OCH3 is 1. The largest absolute Gasteiger partial charge is 0.493 e. The van der Waals surface area contributed by atoms with Crippen LogP contribution in [0.4, 0.5) is 0 Å². The number of rotatable bonds is 6. The number of benzene rings is 3. The maximum Gasteiger partial charge on any atom is 0.254 e. The quantitative estimate of drug-likeness (QED) is 0.617. The van der Waals surface area contributed by atoms with Gasteiger partial charge in [-0.2, -0.15) is 0 Å². The smallest absolute Gasteiger partial charge is 0.254 e. The molecule has 3 aromatic rings. The fourth-order valence-electron chi connectivity index (χ4n) is 4.04. The lowest BCUT2D eigenvalue weighted by molar-refractivity contribution is 0.0628. The van der Waals surface area contributed by atoms with E-state index < -0.39 is 0 Å². The average Bonchev–Trinajstić information content (AvgIpc) is 2.80. The Bertz CT molecular complexity index is 1020. The molecule has 1 heterocycles. The summed E-state index contributed by atoms with van der Waals surface area (Å²) in [6.45, 7) is 6.56. The molecule has 0 bridgehead atoms. The number of piperazine rings is 1. The second kappa shape index (κ2) is 9.18. The van der Waals surface area contributed by atoms with Crippen LogP contribution in [0.25, 0.3) is 10.8 Å². The topological polar surface area (TPSA) is 42.0 Å². The van der Waals surface area contributed by atoms with Crippen molar-refractivity contribution in [2.75, 3.05) is 39.9 Å². The molecule has 30 heavy (non-hydrogen) atoms. The van der Waals surface area contributed by atoms with Gasteiger partial charge in [-0.1, -0.05) is 42.5 Å². The summed E-state index contributed by atoms with van der Waals surface area (Å²) in [5, 5.41) is 2.58. The molecule has 0 aromatic heterocycles. The van der Waals surface area contributed by atoms with Gasteiger partial charge in [0.1, 0.15) is 0 Å². The number of amides is 1. The van der Waals surface area contributed by atoms with E-state index in [-0.39, 0.29) is 5.91 Å². The van der Waals surface area contributed by atoms with Gasteiger partial charge in [0.15, 0.2) is 11.5 Å². The number of fused-ring (bicyclic) bond motifs is 1. The van der Waals surface area contributed by atoms with Gasteiger partial charge in [-0.05, 0) is 41.5 Å². The van der Waals surface area contributed by atoms with Crippen molar-refractivity contribution in [1.29, 1.82) is 0 Å². The minimum atomic E-state index is 0.0427. The van der Waals surface area contributed by atoms with Gasteiger partial charge in [0.25, 0.3) is 5.91 Å². The Labute approximate surface area is 177 Å². The van der Waals surface area contributed by atoms with Crippen molar-refractivity contribution >= 4 is 16.7 Å². The SMILES string of the molecule is CCOc1ccc(C(=O)N2CCN(Cc3cccc4ccccc34)CC2)cc1OC. The molecular formula is C25H28N2O3. The summed E-state index contributed by atoms with van der Waals surface area (Å²) in [7, 11) is 1.60. The summed E-state index contributed by atoms with van der Waals surface area (Å²) >= 11 is 0. The third-order valence-corrected chi connectivity index (χ3v) is 5.64. The molecule has 0 radical (unpaired) electrons. The zero-order valence-corrected chi connectivity index (χ0v) is 17.6. The second-order valence-corrected chi connectivity index (χ2v) is 7.51. The summed E-state index contributed by atoms with van der Waals surface area (Å²) in [5.41, 5.74) is 1.97. The van der Waals surface area contributed by atoms with E-state index >= 15 is 0 Å². The molecule has 0 spiro atoms. The van der Waals surface area contributed by atoms with E-state index in [0.717, 1.165) is 32.7 Å². The molecule has 0 atom stereocenters. The maximum absolute atomic E-state index is 13.0. The Morgan fingerprint density at radius 3 is 2.47 bits per heavy atom. The van der Waals surface area contributed by atoms with Crippen molar-refractivity contribution < 1.29 is 14.3 Å². The fraction of sp³-hybridized carbons (Fsp3) is 0.320. The molecule has 1 saturated heterocycles. The standard InChI is InChI=1S/C25H28N2O3/c1-3-30-23-12-11-20(17-24(23)29-2)25(28)27-15-13-26(14-16-27)18-21-9-6-8-19-7-4-5-10-22(19)21/h4-12,17H,3,13-16,18H2,1-2H3. The fourth-order valence-corrected chi connectivity index (χ4v) is 4.04. The van der Waals surface area contributed by atoms with Crippen LogP contribution >= 0.6 is 0 Å².